The van der Waals surface area contributed by atoms with Crippen LogP contribution in [-0.4, -0.2) is 67.8 Å². The summed E-state index contributed by atoms with van der Waals surface area (Å²) < 4.78 is 32.0. The molecule has 1 unspecified atom stereocenters. The van der Waals surface area contributed by atoms with Crippen LogP contribution in [0.4, 0.5) is 5.95 Å². The van der Waals surface area contributed by atoms with Crippen molar-refractivity contribution in [3.63, 3.8) is 0 Å². The van der Waals surface area contributed by atoms with Crippen molar-refractivity contribution in [1.29, 1.82) is 0 Å². The summed E-state index contributed by atoms with van der Waals surface area (Å²) in [4.78, 5) is 10.8. The Bertz CT molecular complexity index is 625. The summed E-state index contributed by atoms with van der Waals surface area (Å²) in [7, 11) is -3.16. The first kappa shape index (κ1) is 16.6. The van der Waals surface area contributed by atoms with Gasteiger partial charge in [0.1, 0.15) is 0 Å². The summed E-state index contributed by atoms with van der Waals surface area (Å²) in [6, 6.07) is 1.80. The highest BCUT2D eigenvalue weighted by molar-refractivity contribution is 7.89. The molecule has 23 heavy (non-hydrogen) atoms. The highest BCUT2D eigenvalue weighted by Gasteiger charge is 2.42. The Morgan fingerprint density at radius 1 is 1.26 bits per heavy atom. The number of sulfonamides is 1. The minimum absolute atomic E-state index is 0.148. The smallest absolute Gasteiger partial charge is 0.225 e. The maximum atomic E-state index is 12.3. The monoisotopic (exact) mass is 340 g/mol. The maximum Gasteiger partial charge on any atom is 0.225 e. The van der Waals surface area contributed by atoms with E-state index in [9.17, 15) is 8.42 Å². The van der Waals surface area contributed by atoms with Gasteiger partial charge in [-0.2, -0.15) is 0 Å². The standard InChI is InChI=1S/C15H24N4O3S/c1-2-23(20,21)19-8-3-5-15(12-19)11-18(9-10-22-13-15)14-16-6-4-7-17-14/h4,6-7H,2-3,5,8-13H2,1H3. The third-order valence-electron chi connectivity index (χ3n) is 4.66. The number of ether oxygens (including phenoxy) is 1. The van der Waals surface area contributed by atoms with E-state index in [1.165, 1.54) is 0 Å². The van der Waals surface area contributed by atoms with E-state index < -0.39 is 10.0 Å². The molecule has 3 rings (SSSR count). The summed E-state index contributed by atoms with van der Waals surface area (Å²) in [6.45, 7) is 5.49. The topological polar surface area (TPSA) is 75.6 Å². The van der Waals surface area contributed by atoms with Crippen LogP contribution < -0.4 is 4.90 Å². The number of nitrogens with zero attached hydrogens (tertiary/aromatic N) is 4. The van der Waals surface area contributed by atoms with Crippen molar-refractivity contribution >= 4 is 16.0 Å². The fraction of sp³-hybridized carbons (Fsp3) is 0.733. The molecule has 0 bridgehead atoms. The first-order valence-corrected chi connectivity index (χ1v) is 9.73. The van der Waals surface area contributed by atoms with Crippen LogP contribution in [0.3, 0.4) is 0 Å². The quantitative estimate of drug-likeness (QED) is 0.808. The van der Waals surface area contributed by atoms with Gasteiger partial charge in [0.25, 0.3) is 0 Å². The Morgan fingerprint density at radius 2 is 2.04 bits per heavy atom. The van der Waals surface area contributed by atoms with Gasteiger partial charge in [-0.3, -0.25) is 0 Å². The van der Waals surface area contributed by atoms with E-state index in [2.05, 4.69) is 14.9 Å². The molecule has 3 heterocycles. The zero-order valence-corrected chi connectivity index (χ0v) is 14.3. The summed E-state index contributed by atoms with van der Waals surface area (Å²) in [6.07, 6.45) is 5.29. The predicted molar refractivity (Wildman–Crippen MR) is 87.8 cm³/mol. The van der Waals surface area contributed by atoms with Gasteiger partial charge in [0, 0.05) is 44.0 Å². The number of rotatable bonds is 3. The number of piperidine rings is 1. The Morgan fingerprint density at radius 3 is 2.78 bits per heavy atom. The summed E-state index contributed by atoms with van der Waals surface area (Å²) in [5.41, 5.74) is -0.184. The van der Waals surface area contributed by atoms with Gasteiger partial charge in [0.2, 0.25) is 16.0 Å². The van der Waals surface area contributed by atoms with Gasteiger partial charge in [-0.15, -0.1) is 0 Å². The van der Waals surface area contributed by atoms with Crippen LogP contribution in [0.2, 0.25) is 0 Å². The van der Waals surface area contributed by atoms with Gasteiger partial charge in [-0.05, 0) is 25.8 Å². The molecule has 0 amide bonds. The molecule has 0 N–H and O–H groups in total. The molecule has 7 nitrogen and oxygen atoms in total. The molecule has 0 saturated carbocycles. The SMILES string of the molecule is CCS(=O)(=O)N1CCCC2(COCCN(c3ncccn3)C2)C1. The molecule has 1 atom stereocenters. The number of hydrogen-bond donors (Lipinski definition) is 0. The van der Waals surface area contributed by atoms with E-state index in [-0.39, 0.29) is 11.2 Å². The van der Waals surface area contributed by atoms with Gasteiger partial charge >= 0.3 is 0 Å². The first-order chi connectivity index (χ1) is 11.0. The van der Waals surface area contributed by atoms with E-state index in [1.807, 2.05) is 0 Å². The molecule has 1 aromatic rings. The largest absolute Gasteiger partial charge is 0.379 e. The molecule has 0 aliphatic carbocycles. The second-order valence-electron chi connectivity index (χ2n) is 6.36. The van der Waals surface area contributed by atoms with Gasteiger partial charge in [0.15, 0.2) is 0 Å². The maximum absolute atomic E-state index is 12.3. The molecule has 128 valence electrons. The Kier molecular flexibility index (Phi) is 4.84. The molecule has 2 aliphatic heterocycles. The lowest BCUT2D eigenvalue weighted by Gasteiger charge is -2.42. The lowest BCUT2D eigenvalue weighted by molar-refractivity contribution is 0.0350. The van der Waals surface area contributed by atoms with E-state index in [0.717, 1.165) is 25.9 Å². The number of aromatic nitrogens is 2. The van der Waals surface area contributed by atoms with Crippen LogP contribution in [0.15, 0.2) is 18.5 Å². The summed E-state index contributed by atoms with van der Waals surface area (Å²) in [5.74, 6) is 0.836. The Balaban J connectivity index is 1.82. The number of hydrogen-bond acceptors (Lipinski definition) is 6. The normalized spacial score (nSPS) is 27.1. The van der Waals surface area contributed by atoms with E-state index in [4.69, 9.17) is 4.74 Å². The van der Waals surface area contributed by atoms with Crippen molar-refractivity contribution in [3.05, 3.63) is 18.5 Å². The van der Waals surface area contributed by atoms with Crippen molar-refractivity contribution in [3.8, 4) is 0 Å². The van der Waals surface area contributed by atoms with Gasteiger partial charge in [0.05, 0.1) is 19.0 Å². The lowest BCUT2D eigenvalue weighted by Crippen LogP contribution is -2.52. The molecule has 8 heteroatoms. The molecule has 1 spiro atoms. The second-order valence-corrected chi connectivity index (χ2v) is 8.62. The third-order valence-corrected chi connectivity index (χ3v) is 6.49. The minimum Gasteiger partial charge on any atom is -0.379 e. The van der Waals surface area contributed by atoms with Crippen LogP contribution in [0.25, 0.3) is 0 Å². The average molecular weight is 340 g/mol. The first-order valence-electron chi connectivity index (χ1n) is 8.12. The lowest BCUT2D eigenvalue weighted by atomic mass is 9.81. The molecule has 2 aliphatic rings. The van der Waals surface area contributed by atoms with Crippen LogP contribution in [-0.2, 0) is 14.8 Å². The highest BCUT2D eigenvalue weighted by Crippen LogP contribution is 2.34. The van der Waals surface area contributed by atoms with Crippen molar-refractivity contribution in [2.24, 2.45) is 5.41 Å². The van der Waals surface area contributed by atoms with Crippen molar-refractivity contribution in [2.45, 2.75) is 19.8 Å². The zero-order valence-electron chi connectivity index (χ0n) is 13.5. The van der Waals surface area contributed by atoms with Gasteiger partial charge in [-0.1, -0.05) is 0 Å². The number of anilines is 1. The van der Waals surface area contributed by atoms with E-state index in [0.29, 0.717) is 32.3 Å². The van der Waals surface area contributed by atoms with Crippen LogP contribution in [0.1, 0.15) is 19.8 Å². The van der Waals surface area contributed by atoms with Crippen molar-refractivity contribution in [1.82, 2.24) is 14.3 Å². The van der Waals surface area contributed by atoms with E-state index in [1.54, 1.807) is 29.7 Å². The van der Waals surface area contributed by atoms with Crippen molar-refractivity contribution in [2.75, 3.05) is 50.0 Å². The molecular formula is C15H24N4O3S. The van der Waals surface area contributed by atoms with E-state index >= 15 is 0 Å². The minimum atomic E-state index is -3.16. The van der Waals surface area contributed by atoms with Crippen LogP contribution in [0.5, 0.6) is 0 Å². The molecule has 2 fully saturated rings. The predicted octanol–water partition coefficient (Wildman–Crippen LogP) is 0.745. The highest BCUT2D eigenvalue weighted by atomic mass is 32.2. The van der Waals surface area contributed by atoms with Crippen molar-refractivity contribution < 1.29 is 13.2 Å². The van der Waals surface area contributed by atoms with Gasteiger partial charge < -0.3 is 9.64 Å². The Hall–Kier alpha value is -1.25. The van der Waals surface area contributed by atoms with Gasteiger partial charge in [-0.25, -0.2) is 22.7 Å². The molecule has 2 saturated heterocycles. The molecule has 0 aromatic carbocycles. The zero-order chi connectivity index (χ0) is 16.3. The molecular weight excluding hydrogens is 316 g/mol. The summed E-state index contributed by atoms with van der Waals surface area (Å²) in [5, 5.41) is 0. The fourth-order valence-corrected chi connectivity index (χ4v) is 4.69. The molecule has 0 radical (unpaired) electrons. The summed E-state index contributed by atoms with van der Waals surface area (Å²) >= 11 is 0. The van der Waals surface area contributed by atoms with Crippen LogP contribution in [0, 0.1) is 5.41 Å². The Labute approximate surface area is 137 Å². The van der Waals surface area contributed by atoms with Crippen LogP contribution >= 0.6 is 0 Å². The molecule has 1 aromatic heterocycles. The third kappa shape index (κ3) is 3.64. The fourth-order valence-electron chi connectivity index (χ4n) is 3.45. The average Bonchev–Trinajstić information content (AvgIpc) is 2.78. The second kappa shape index (κ2) is 6.70.